The second-order valence-corrected chi connectivity index (χ2v) is 11.8. The Morgan fingerprint density at radius 2 is 1.81 bits per heavy atom. The van der Waals surface area contributed by atoms with Gasteiger partial charge in [-0.3, -0.25) is 9.36 Å². The van der Waals surface area contributed by atoms with E-state index in [1.807, 2.05) is 19.1 Å². The molecule has 0 aliphatic heterocycles. The van der Waals surface area contributed by atoms with Crippen molar-refractivity contribution in [2.45, 2.75) is 84.9 Å². The highest BCUT2D eigenvalue weighted by molar-refractivity contribution is 7.60. The van der Waals surface area contributed by atoms with Crippen LogP contribution in [0.4, 0.5) is 0 Å². The summed E-state index contributed by atoms with van der Waals surface area (Å²) < 4.78 is 30.6. The molecule has 2 aromatic rings. The SMILES string of the molecule is CCCCc1ccc(-c2coc(CC(C(=O)OC(C)(C)C)P(=O)(CCC)OCC)n2)cc1. The van der Waals surface area contributed by atoms with Crippen molar-refractivity contribution in [3.05, 3.63) is 42.0 Å². The van der Waals surface area contributed by atoms with E-state index in [4.69, 9.17) is 13.7 Å². The summed E-state index contributed by atoms with van der Waals surface area (Å²) in [5, 5.41) is 0. The molecule has 0 N–H and O–H groups in total. The van der Waals surface area contributed by atoms with Gasteiger partial charge < -0.3 is 13.7 Å². The molecule has 0 spiro atoms. The first kappa shape index (κ1) is 26.3. The van der Waals surface area contributed by atoms with Crippen molar-refractivity contribution >= 4 is 13.3 Å². The molecule has 0 fully saturated rings. The summed E-state index contributed by atoms with van der Waals surface area (Å²) in [7, 11) is -3.29. The number of hydrogen-bond acceptors (Lipinski definition) is 6. The Labute approximate surface area is 192 Å². The van der Waals surface area contributed by atoms with Crippen molar-refractivity contribution in [1.82, 2.24) is 4.98 Å². The third-order valence-electron chi connectivity index (χ3n) is 5.03. The second kappa shape index (κ2) is 11.8. The van der Waals surface area contributed by atoms with Crippen LogP contribution in [-0.2, 0) is 31.5 Å². The minimum Gasteiger partial charge on any atom is -0.459 e. The fraction of sp³-hybridized carbons (Fsp3) is 0.600. The Hall–Kier alpha value is -1.91. The van der Waals surface area contributed by atoms with E-state index in [2.05, 4.69) is 24.0 Å². The number of aromatic nitrogens is 1. The molecule has 0 saturated heterocycles. The molecule has 2 rings (SSSR count). The van der Waals surface area contributed by atoms with Crippen LogP contribution in [0.3, 0.4) is 0 Å². The molecule has 0 radical (unpaired) electrons. The fourth-order valence-electron chi connectivity index (χ4n) is 3.52. The van der Waals surface area contributed by atoms with Gasteiger partial charge in [-0.2, -0.15) is 0 Å². The number of hydrogen-bond donors (Lipinski definition) is 0. The molecule has 0 aliphatic carbocycles. The van der Waals surface area contributed by atoms with E-state index in [0.29, 0.717) is 24.2 Å². The lowest BCUT2D eigenvalue weighted by molar-refractivity contribution is -0.154. The number of rotatable bonds is 12. The maximum absolute atomic E-state index is 13.7. The summed E-state index contributed by atoms with van der Waals surface area (Å²) in [6, 6.07) is 8.26. The number of unbranched alkanes of at least 4 members (excludes halogenated alkanes) is 1. The lowest BCUT2D eigenvalue weighted by Crippen LogP contribution is -2.34. The van der Waals surface area contributed by atoms with Gasteiger partial charge in [-0.15, -0.1) is 0 Å². The molecule has 2 unspecified atom stereocenters. The molecule has 0 aliphatic rings. The van der Waals surface area contributed by atoms with E-state index < -0.39 is 24.6 Å². The van der Waals surface area contributed by atoms with Crippen LogP contribution in [-0.4, -0.2) is 35.0 Å². The van der Waals surface area contributed by atoms with E-state index >= 15 is 0 Å². The number of ether oxygens (including phenoxy) is 1. The molecule has 0 saturated carbocycles. The van der Waals surface area contributed by atoms with Gasteiger partial charge in [0, 0.05) is 18.1 Å². The van der Waals surface area contributed by atoms with Gasteiger partial charge in [0.25, 0.3) is 0 Å². The molecule has 1 aromatic carbocycles. The molecule has 6 nitrogen and oxygen atoms in total. The van der Waals surface area contributed by atoms with Crippen molar-refractivity contribution in [3.8, 4) is 11.3 Å². The average Bonchev–Trinajstić information content (AvgIpc) is 3.18. The largest absolute Gasteiger partial charge is 0.459 e. The van der Waals surface area contributed by atoms with Gasteiger partial charge in [0.2, 0.25) is 7.37 Å². The van der Waals surface area contributed by atoms with Gasteiger partial charge in [0.1, 0.15) is 23.2 Å². The first-order valence-electron chi connectivity index (χ1n) is 11.6. The quantitative estimate of drug-likeness (QED) is 0.259. The molecule has 0 bridgehead atoms. The Morgan fingerprint density at radius 1 is 1.12 bits per heavy atom. The highest BCUT2D eigenvalue weighted by atomic mass is 31.2. The minimum absolute atomic E-state index is 0.0702. The zero-order valence-corrected chi connectivity index (χ0v) is 21.2. The van der Waals surface area contributed by atoms with Crippen LogP contribution in [0.25, 0.3) is 11.3 Å². The Balaban J connectivity index is 2.27. The summed E-state index contributed by atoms with van der Waals surface area (Å²) in [5.41, 5.74) is 1.27. The first-order valence-corrected chi connectivity index (χ1v) is 13.5. The van der Waals surface area contributed by atoms with Crippen molar-refractivity contribution in [3.63, 3.8) is 0 Å². The molecule has 178 valence electrons. The molecule has 1 heterocycles. The molecule has 1 aromatic heterocycles. The maximum Gasteiger partial charge on any atom is 0.319 e. The van der Waals surface area contributed by atoms with Crippen LogP contribution in [0.2, 0.25) is 0 Å². The number of aryl methyl sites for hydroxylation is 1. The van der Waals surface area contributed by atoms with Crippen LogP contribution in [0.5, 0.6) is 0 Å². The average molecular weight is 464 g/mol. The highest BCUT2D eigenvalue weighted by Gasteiger charge is 2.42. The number of oxazole rings is 1. The number of carbonyl (C=O) groups excluding carboxylic acids is 1. The van der Waals surface area contributed by atoms with E-state index in [1.165, 1.54) is 5.56 Å². The topological polar surface area (TPSA) is 78.6 Å². The third-order valence-corrected chi connectivity index (χ3v) is 8.13. The summed E-state index contributed by atoms with van der Waals surface area (Å²) in [6.45, 7) is 11.5. The van der Waals surface area contributed by atoms with Crippen molar-refractivity contribution in [2.75, 3.05) is 12.8 Å². The molecule has 2 atom stereocenters. The number of benzene rings is 1. The second-order valence-electron chi connectivity index (χ2n) is 9.05. The van der Waals surface area contributed by atoms with E-state index in [9.17, 15) is 9.36 Å². The third kappa shape index (κ3) is 7.60. The standard InChI is InChI=1S/C25H38NO5P/c1-7-10-11-19-12-14-20(15-13-19)21-18-29-23(26-21)17-22(24(27)31-25(4,5)6)32(28,16-8-2)30-9-3/h12-15,18,22H,7-11,16-17H2,1-6H3. The Morgan fingerprint density at radius 3 is 2.38 bits per heavy atom. The van der Waals surface area contributed by atoms with Crippen LogP contribution in [0, 0.1) is 0 Å². The molecule has 0 amide bonds. The lowest BCUT2D eigenvalue weighted by Gasteiger charge is -2.28. The molecular weight excluding hydrogens is 425 g/mol. The summed E-state index contributed by atoms with van der Waals surface area (Å²) >= 11 is 0. The zero-order chi connectivity index (χ0) is 23.8. The van der Waals surface area contributed by atoms with E-state index in [0.717, 1.165) is 24.8 Å². The van der Waals surface area contributed by atoms with Gasteiger partial charge in [-0.05, 0) is 52.5 Å². The Kier molecular flexibility index (Phi) is 9.72. The normalized spacial score (nSPS) is 14.7. The van der Waals surface area contributed by atoms with E-state index in [1.54, 1.807) is 34.0 Å². The van der Waals surface area contributed by atoms with Gasteiger partial charge in [0.15, 0.2) is 5.89 Å². The minimum atomic E-state index is -3.29. The fourth-order valence-corrected chi connectivity index (χ4v) is 6.01. The summed E-state index contributed by atoms with van der Waals surface area (Å²) in [4.78, 5) is 17.6. The number of nitrogens with zero attached hydrogens (tertiary/aromatic N) is 1. The zero-order valence-electron chi connectivity index (χ0n) is 20.3. The van der Waals surface area contributed by atoms with Crippen LogP contribution in [0.1, 0.15) is 72.3 Å². The summed E-state index contributed by atoms with van der Waals surface area (Å²) in [6.07, 6.45) is 5.97. The monoisotopic (exact) mass is 463 g/mol. The van der Waals surface area contributed by atoms with Crippen LogP contribution in [0.15, 0.2) is 34.9 Å². The van der Waals surface area contributed by atoms with Gasteiger partial charge in [0.05, 0.1) is 6.61 Å². The van der Waals surface area contributed by atoms with Crippen molar-refractivity contribution in [1.29, 1.82) is 0 Å². The summed E-state index contributed by atoms with van der Waals surface area (Å²) in [5.74, 6) is -0.190. The van der Waals surface area contributed by atoms with Crippen molar-refractivity contribution < 1.29 is 23.0 Å². The predicted molar refractivity (Wildman–Crippen MR) is 128 cm³/mol. The molecule has 32 heavy (non-hydrogen) atoms. The predicted octanol–water partition coefficient (Wildman–Crippen LogP) is 6.66. The first-order chi connectivity index (χ1) is 15.1. The lowest BCUT2D eigenvalue weighted by atomic mass is 10.1. The number of esters is 1. The van der Waals surface area contributed by atoms with Crippen molar-refractivity contribution in [2.24, 2.45) is 0 Å². The van der Waals surface area contributed by atoms with E-state index in [-0.39, 0.29) is 13.0 Å². The van der Waals surface area contributed by atoms with Gasteiger partial charge in [-0.25, -0.2) is 4.98 Å². The van der Waals surface area contributed by atoms with Crippen LogP contribution < -0.4 is 0 Å². The number of carbonyl (C=O) groups is 1. The van der Waals surface area contributed by atoms with Gasteiger partial charge in [-0.1, -0.05) is 44.5 Å². The molecule has 7 heteroatoms. The Bertz CT molecular complexity index is 888. The molecular formula is C25H38NO5P. The van der Waals surface area contributed by atoms with Gasteiger partial charge >= 0.3 is 5.97 Å². The maximum atomic E-state index is 13.7. The smallest absolute Gasteiger partial charge is 0.319 e. The highest BCUT2D eigenvalue weighted by Crippen LogP contribution is 2.54. The van der Waals surface area contributed by atoms with Crippen LogP contribution >= 0.6 is 7.37 Å².